The molecule has 0 radical (unpaired) electrons. The zero-order chi connectivity index (χ0) is 15.7. The van der Waals surface area contributed by atoms with Gasteiger partial charge in [-0.2, -0.15) is 0 Å². The maximum atomic E-state index is 12.1. The molecular weight excluding hydrogens is 276 g/mol. The lowest BCUT2D eigenvalue weighted by molar-refractivity contribution is -0.110. The summed E-state index contributed by atoms with van der Waals surface area (Å²) in [6, 6.07) is 9.70. The third-order valence-corrected chi connectivity index (χ3v) is 3.76. The van der Waals surface area contributed by atoms with Crippen molar-refractivity contribution in [3.63, 3.8) is 0 Å². The third kappa shape index (κ3) is 2.48. The average molecular weight is 294 g/mol. The number of aromatic nitrogens is 1. The van der Waals surface area contributed by atoms with E-state index in [2.05, 4.69) is 30.2 Å². The van der Waals surface area contributed by atoms with Gasteiger partial charge in [0.25, 0.3) is 5.91 Å². The molecule has 1 aliphatic rings. The lowest BCUT2D eigenvalue weighted by atomic mass is 9.98. The maximum absolute atomic E-state index is 12.1. The minimum absolute atomic E-state index is 0.115. The minimum Gasteiger partial charge on any atom is -0.496 e. The van der Waals surface area contributed by atoms with Gasteiger partial charge in [-0.1, -0.05) is 19.9 Å². The second-order valence-corrected chi connectivity index (χ2v) is 5.57. The fourth-order valence-electron chi connectivity index (χ4n) is 2.62. The van der Waals surface area contributed by atoms with E-state index in [0.717, 1.165) is 22.4 Å². The molecule has 0 atom stereocenters. The standard InChI is InChI=1S/C18H18N2O2/c1-11(2)14-9-12(6-7-16(14)22-3)10-15-13-5-4-8-19-17(13)20-18(15)21/h4-11H,1-3H3,(H,19,20,21)/b15-10-. The van der Waals surface area contributed by atoms with E-state index in [4.69, 9.17) is 4.74 Å². The first-order valence-corrected chi connectivity index (χ1v) is 7.26. The first kappa shape index (κ1) is 14.3. The van der Waals surface area contributed by atoms with Crippen LogP contribution in [0.1, 0.15) is 36.5 Å². The Morgan fingerprint density at radius 1 is 1.27 bits per heavy atom. The summed E-state index contributed by atoms with van der Waals surface area (Å²) in [6.07, 6.45) is 3.57. The van der Waals surface area contributed by atoms with Crippen LogP contribution in [0.15, 0.2) is 36.5 Å². The molecule has 4 nitrogen and oxygen atoms in total. The Morgan fingerprint density at radius 2 is 2.09 bits per heavy atom. The highest BCUT2D eigenvalue weighted by molar-refractivity contribution is 6.34. The van der Waals surface area contributed by atoms with E-state index >= 15 is 0 Å². The molecule has 0 saturated carbocycles. The highest BCUT2D eigenvalue weighted by Crippen LogP contribution is 2.33. The number of benzene rings is 1. The van der Waals surface area contributed by atoms with Gasteiger partial charge in [0.15, 0.2) is 0 Å². The molecule has 2 aromatic rings. The molecule has 0 bridgehead atoms. The Morgan fingerprint density at radius 3 is 2.82 bits per heavy atom. The van der Waals surface area contributed by atoms with Crippen molar-refractivity contribution in [1.82, 2.24) is 4.98 Å². The van der Waals surface area contributed by atoms with Crippen LogP contribution in [0.2, 0.25) is 0 Å². The normalized spacial score (nSPS) is 15.1. The first-order valence-electron chi connectivity index (χ1n) is 7.26. The maximum Gasteiger partial charge on any atom is 0.257 e. The SMILES string of the molecule is COc1ccc(/C=C2\C(=O)Nc3ncccc32)cc1C(C)C. The Kier molecular flexibility index (Phi) is 3.67. The van der Waals surface area contributed by atoms with Crippen LogP contribution in [0.5, 0.6) is 5.75 Å². The molecule has 22 heavy (non-hydrogen) atoms. The monoisotopic (exact) mass is 294 g/mol. The predicted octanol–water partition coefficient (Wildman–Crippen LogP) is 3.71. The number of ether oxygens (including phenoxy) is 1. The summed E-state index contributed by atoms with van der Waals surface area (Å²) in [5.74, 6) is 1.72. The smallest absolute Gasteiger partial charge is 0.257 e. The molecule has 0 saturated heterocycles. The molecule has 1 aliphatic heterocycles. The van der Waals surface area contributed by atoms with Crippen LogP contribution >= 0.6 is 0 Å². The molecule has 1 amide bonds. The number of carbonyl (C=O) groups excluding carboxylic acids is 1. The van der Waals surface area contributed by atoms with E-state index in [0.29, 0.717) is 17.3 Å². The summed E-state index contributed by atoms with van der Waals surface area (Å²) in [5.41, 5.74) is 3.59. The third-order valence-electron chi connectivity index (χ3n) is 3.76. The van der Waals surface area contributed by atoms with E-state index in [1.165, 1.54) is 0 Å². The molecule has 0 spiro atoms. The largest absolute Gasteiger partial charge is 0.496 e. The number of anilines is 1. The Balaban J connectivity index is 2.06. The van der Waals surface area contributed by atoms with Gasteiger partial charge in [0.05, 0.1) is 12.7 Å². The number of rotatable bonds is 3. The summed E-state index contributed by atoms with van der Waals surface area (Å²) in [6.45, 7) is 4.24. The van der Waals surface area contributed by atoms with Gasteiger partial charge in [0, 0.05) is 11.8 Å². The summed E-state index contributed by atoms with van der Waals surface area (Å²) < 4.78 is 5.40. The summed E-state index contributed by atoms with van der Waals surface area (Å²) in [7, 11) is 1.67. The van der Waals surface area contributed by atoms with Crippen molar-refractivity contribution in [2.24, 2.45) is 0 Å². The lowest BCUT2D eigenvalue weighted by Gasteiger charge is -2.12. The molecule has 2 heterocycles. The molecule has 4 heteroatoms. The average Bonchev–Trinajstić information content (AvgIpc) is 2.83. The predicted molar refractivity (Wildman–Crippen MR) is 87.8 cm³/mol. The van der Waals surface area contributed by atoms with E-state index in [-0.39, 0.29) is 5.91 Å². The topological polar surface area (TPSA) is 51.2 Å². The van der Waals surface area contributed by atoms with E-state index in [9.17, 15) is 4.79 Å². The second kappa shape index (κ2) is 5.64. The lowest BCUT2D eigenvalue weighted by Crippen LogP contribution is -2.04. The molecule has 3 rings (SSSR count). The fraction of sp³-hybridized carbons (Fsp3) is 0.222. The molecule has 0 aliphatic carbocycles. The Hall–Kier alpha value is -2.62. The van der Waals surface area contributed by atoms with Crippen molar-refractivity contribution in [3.05, 3.63) is 53.2 Å². The number of nitrogens with zero attached hydrogens (tertiary/aromatic N) is 1. The molecule has 112 valence electrons. The van der Waals surface area contributed by atoms with Gasteiger partial charge in [-0.25, -0.2) is 4.98 Å². The second-order valence-electron chi connectivity index (χ2n) is 5.57. The van der Waals surface area contributed by atoms with Gasteiger partial charge >= 0.3 is 0 Å². The molecule has 1 aromatic carbocycles. The molecule has 0 unspecified atom stereocenters. The van der Waals surface area contributed by atoms with E-state index < -0.39 is 0 Å². The Labute approximate surface area is 129 Å². The number of methoxy groups -OCH3 is 1. The first-order chi connectivity index (χ1) is 10.6. The number of carbonyl (C=O) groups is 1. The van der Waals surface area contributed by atoms with Crippen LogP contribution in [0, 0.1) is 0 Å². The number of nitrogens with one attached hydrogen (secondary N) is 1. The summed E-state index contributed by atoms with van der Waals surface area (Å²) in [5, 5.41) is 2.78. The number of pyridine rings is 1. The van der Waals surface area contributed by atoms with E-state index in [1.807, 2.05) is 30.3 Å². The van der Waals surface area contributed by atoms with Crippen molar-refractivity contribution in [1.29, 1.82) is 0 Å². The summed E-state index contributed by atoms with van der Waals surface area (Å²) >= 11 is 0. The van der Waals surface area contributed by atoms with Crippen molar-refractivity contribution >= 4 is 23.4 Å². The van der Waals surface area contributed by atoms with Gasteiger partial charge in [-0.3, -0.25) is 4.79 Å². The number of amides is 1. The molecule has 1 aromatic heterocycles. The van der Waals surface area contributed by atoms with E-state index in [1.54, 1.807) is 13.3 Å². The van der Waals surface area contributed by atoms with Crippen LogP contribution in [0.3, 0.4) is 0 Å². The highest BCUT2D eigenvalue weighted by Gasteiger charge is 2.24. The van der Waals surface area contributed by atoms with Crippen LogP contribution in [-0.4, -0.2) is 18.0 Å². The van der Waals surface area contributed by atoms with Crippen molar-refractivity contribution < 1.29 is 9.53 Å². The van der Waals surface area contributed by atoms with Crippen molar-refractivity contribution in [2.75, 3.05) is 12.4 Å². The Bertz CT molecular complexity index is 763. The van der Waals surface area contributed by atoms with Gasteiger partial charge < -0.3 is 10.1 Å². The van der Waals surface area contributed by atoms with Crippen molar-refractivity contribution in [3.8, 4) is 5.75 Å². The van der Waals surface area contributed by atoms with Gasteiger partial charge in [0.1, 0.15) is 11.6 Å². The van der Waals surface area contributed by atoms with Crippen LogP contribution in [0.4, 0.5) is 5.82 Å². The fourth-order valence-corrected chi connectivity index (χ4v) is 2.62. The highest BCUT2D eigenvalue weighted by atomic mass is 16.5. The number of hydrogen-bond acceptors (Lipinski definition) is 3. The minimum atomic E-state index is -0.115. The molecular formula is C18H18N2O2. The van der Waals surface area contributed by atoms with Crippen LogP contribution in [0.25, 0.3) is 11.6 Å². The van der Waals surface area contributed by atoms with Crippen LogP contribution in [-0.2, 0) is 4.79 Å². The van der Waals surface area contributed by atoms with Crippen molar-refractivity contribution in [2.45, 2.75) is 19.8 Å². The van der Waals surface area contributed by atoms with Gasteiger partial charge in [0.2, 0.25) is 0 Å². The quantitative estimate of drug-likeness (QED) is 0.878. The van der Waals surface area contributed by atoms with Gasteiger partial charge in [-0.05, 0) is 47.4 Å². The molecule has 1 N–H and O–H groups in total. The number of hydrogen-bond donors (Lipinski definition) is 1. The van der Waals surface area contributed by atoms with Gasteiger partial charge in [-0.15, -0.1) is 0 Å². The zero-order valence-corrected chi connectivity index (χ0v) is 12.9. The van der Waals surface area contributed by atoms with Crippen LogP contribution < -0.4 is 10.1 Å². The molecule has 0 fully saturated rings. The summed E-state index contributed by atoms with van der Waals surface area (Å²) in [4.78, 5) is 16.3. The zero-order valence-electron chi connectivity index (χ0n) is 12.9. The number of fused-ring (bicyclic) bond motifs is 1.